The van der Waals surface area contributed by atoms with Gasteiger partial charge >= 0.3 is 0 Å². The summed E-state index contributed by atoms with van der Waals surface area (Å²) in [4.78, 5) is 31.8. The average Bonchev–Trinajstić information content (AvgIpc) is 3.30. The Labute approximate surface area is 271 Å². The maximum Gasteiger partial charge on any atom is 0.261 e. The van der Waals surface area contributed by atoms with Crippen LogP contribution in [0.1, 0.15) is 74.2 Å². The molecule has 238 valence electrons. The van der Waals surface area contributed by atoms with E-state index in [0.717, 1.165) is 31.4 Å². The van der Waals surface area contributed by atoms with E-state index in [0.29, 0.717) is 22.4 Å². The SMILES string of the molecule is Cc1nn(C)c(C)c1NC(=O)c1cn([C@H]2CC[C@H](O[Si](c3ccccc3)(c3ccccc3)C(C)(C)C)CC2)c2ncccc2c1=O. The summed E-state index contributed by atoms with van der Waals surface area (Å²) < 4.78 is 11.2. The van der Waals surface area contributed by atoms with Gasteiger partial charge < -0.3 is 14.3 Å². The molecule has 0 spiro atoms. The number of hydrogen-bond donors (Lipinski definition) is 1. The minimum absolute atomic E-state index is 0.0745. The third-order valence-corrected chi connectivity index (χ3v) is 14.7. The van der Waals surface area contributed by atoms with Crippen molar-refractivity contribution in [2.24, 2.45) is 7.05 Å². The number of hydrogen-bond acceptors (Lipinski definition) is 5. The number of carbonyl (C=O) groups is 1. The van der Waals surface area contributed by atoms with Crippen LogP contribution >= 0.6 is 0 Å². The Kier molecular flexibility index (Phi) is 8.56. The number of rotatable bonds is 7. The molecule has 0 radical (unpaired) electrons. The summed E-state index contributed by atoms with van der Waals surface area (Å²) in [6.45, 7) is 10.7. The first-order valence-corrected chi connectivity index (χ1v) is 18.0. The van der Waals surface area contributed by atoms with Crippen LogP contribution in [0.15, 0.2) is 90.0 Å². The lowest BCUT2D eigenvalue weighted by molar-refractivity contribution is 0.102. The highest BCUT2D eigenvalue weighted by atomic mass is 28.4. The van der Waals surface area contributed by atoms with Crippen LogP contribution in [0.25, 0.3) is 11.0 Å². The zero-order valence-electron chi connectivity index (χ0n) is 27.6. The Hall–Kier alpha value is -4.34. The minimum atomic E-state index is -2.68. The maximum atomic E-state index is 13.6. The molecular formula is C37H43N5O3Si. The van der Waals surface area contributed by atoms with Gasteiger partial charge in [-0.3, -0.25) is 14.3 Å². The number of anilines is 1. The van der Waals surface area contributed by atoms with Crippen molar-refractivity contribution in [3.8, 4) is 0 Å². The smallest absolute Gasteiger partial charge is 0.261 e. The van der Waals surface area contributed by atoms with Gasteiger partial charge in [-0.1, -0.05) is 81.4 Å². The number of aryl methyl sites for hydroxylation is 2. The molecule has 6 rings (SSSR count). The van der Waals surface area contributed by atoms with Gasteiger partial charge in [0.25, 0.3) is 14.2 Å². The fourth-order valence-corrected chi connectivity index (χ4v) is 11.9. The molecule has 0 bridgehead atoms. The molecule has 1 aliphatic rings. The number of aromatic nitrogens is 4. The topological polar surface area (TPSA) is 91.0 Å². The second-order valence-corrected chi connectivity index (χ2v) is 17.7. The molecule has 8 nitrogen and oxygen atoms in total. The number of nitrogens with one attached hydrogen (secondary N) is 1. The maximum absolute atomic E-state index is 13.6. The van der Waals surface area contributed by atoms with Crippen molar-refractivity contribution in [3.05, 3.63) is 112 Å². The van der Waals surface area contributed by atoms with Crippen LogP contribution in [-0.2, 0) is 11.5 Å². The van der Waals surface area contributed by atoms with Gasteiger partial charge in [0.15, 0.2) is 0 Å². The van der Waals surface area contributed by atoms with Crippen molar-refractivity contribution < 1.29 is 9.22 Å². The van der Waals surface area contributed by atoms with Crippen LogP contribution < -0.4 is 21.1 Å². The van der Waals surface area contributed by atoms with E-state index in [-0.39, 0.29) is 28.2 Å². The van der Waals surface area contributed by atoms with Gasteiger partial charge in [0.05, 0.1) is 22.5 Å². The third-order valence-electron chi connectivity index (χ3n) is 9.58. The Morgan fingerprint density at radius 3 is 2.07 bits per heavy atom. The number of carbonyl (C=O) groups excluding carboxylic acids is 1. The molecule has 0 atom stereocenters. The lowest BCUT2D eigenvalue weighted by Gasteiger charge is -2.46. The number of amides is 1. The summed E-state index contributed by atoms with van der Waals surface area (Å²) in [5.41, 5.74) is 2.55. The fraction of sp³-hybridized carbons (Fsp3) is 0.351. The summed E-state index contributed by atoms with van der Waals surface area (Å²) in [5, 5.41) is 10.3. The molecule has 5 aromatic rings. The molecule has 0 saturated heterocycles. The Morgan fingerprint density at radius 2 is 1.52 bits per heavy atom. The monoisotopic (exact) mass is 633 g/mol. The molecule has 1 aliphatic carbocycles. The third kappa shape index (κ3) is 5.62. The van der Waals surface area contributed by atoms with E-state index in [1.807, 2.05) is 25.5 Å². The summed E-state index contributed by atoms with van der Waals surface area (Å²) in [5.74, 6) is -0.438. The molecule has 1 N–H and O–H groups in total. The van der Waals surface area contributed by atoms with Crippen molar-refractivity contribution in [1.82, 2.24) is 19.3 Å². The normalized spacial score (nSPS) is 17.3. The summed E-state index contributed by atoms with van der Waals surface area (Å²) in [6.07, 6.45) is 6.93. The minimum Gasteiger partial charge on any atom is -0.404 e. The standard InChI is InChI=1S/C37H43N5O3Si/c1-25-33(26(2)41(6)40-25)39-36(44)32-24-42(35-31(34(32)43)18-13-23-38-35)27-19-21-28(22-20-27)45-46(37(3,4)5,29-14-9-7-10-15-29)30-16-11-8-12-17-30/h7-18,23-24,27-28H,19-22H2,1-6H3,(H,39,44)/t27-,28-. The molecule has 0 aliphatic heterocycles. The van der Waals surface area contributed by atoms with Gasteiger partial charge in [0, 0.05) is 31.6 Å². The van der Waals surface area contributed by atoms with Gasteiger partial charge in [-0.15, -0.1) is 0 Å². The first-order chi connectivity index (χ1) is 22.0. The molecular weight excluding hydrogens is 591 g/mol. The molecule has 0 unspecified atom stereocenters. The molecule has 46 heavy (non-hydrogen) atoms. The van der Waals surface area contributed by atoms with Crippen LogP contribution in [0.4, 0.5) is 5.69 Å². The van der Waals surface area contributed by atoms with Crippen LogP contribution in [0.3, 0.4) is 0 Å². The van der Waals surface area contributed by atoms with Crippen LogP contribution in [0.5, 0.6) is 0 Å². The average molecular weight is 634 g/mol. The largest absolute Gasteiger partial charge is 0.404 e. The predicted molar refractivity (Wildman–Crippen MR) is 187 cm³/mol. The molecule has 1 saturated carbocycles. The number of fused-ring (bicyclic) bond motifs is 1. The van der Waals surface area contributed by atoms with E-state index in [1.54, 1.807) is 29.2 Å². The Morgan fingerprint density at radius 1 is 0.913 bits per heavy atom. The lowest BCUT2D eigenvalue weighted by Crippen LogP contribution is -2.67. The summed E-state index contributed by atoms with van der Waals surface area (Å²) >= 11 is 0. The molecule has 2 aromatic carbocycles. The summed E-state index contributed by atoms with van der Waals surface area (Å²) in [6, 6.07) is 25.1. The first-order valence-electron chi connectivity index (χ1n) is 16.1. The zero-order valence-corrected chi connectivity index (χ0v) is 28.6. The number of benzene rings is 2. The van der Waals surface area contributed by atoms with E-state index in [9.17, 15) is 9.59 Å². The Bertz CT molecular complexity index is 1880. The molecule has 3 aromatic heterocycles. The first kappa shape index (κ1) is 31.6. The van der Waals surface area contributed by atoms with Gasteiger partial charge in [-0.05, 0) is 67.1 Å². The van der Waals surface area contributed by atoms with Gasteiger partial charge in [0.1, 0.15) is 11.2 Å². The van der Waals surface area contributed by atoms with Crippen molar-refractivity contribution in [2.45, 2.75) is 77.5 Å². The molecule has 1 amide bonds. The van der Waals surface area contributed by atoms with Crippen molar-refractivity contribution in [1.29, 1.82) is 0 Å². The highest BCUT2D eigenvalue weighted by Gasteiger charge is 2.51. The van der Waals surface area contributed by atoms with Gasteiger partial charge in [0.2, 0.25) is 5.43 Å². The van der Waals surface area contributed by atoms with Crippen LogP contribution in [0.2, 0.25) is 5.04 Å². The van der Waals surface area contributed by atoms with Crippen molar-refractivity contribution >= 4 is 41.3 Å². The Balaban J connectivity index is 1.31. The quantitative estimate of drug-likeness (QED) is 0.220. The highest BCUT2D eigenvalue weighted by molar-refractivity contribution is 6.99. The number of pyridine rings is 2. The van der Waals surface area contributed by atoms with Crippen molar-refractivity contribution in [2.75, 3.05) is 5.32 Å². The second-order valence-electron chi connectivity index (χ2n) is 13.5. The second kappa shape index (κ2) is 12.5. The van der Waals surface area contributed by atoms with Gasteiger partial charge in [-0.25, -0.2) is 4.98 Å². The van der Waals surface area contributed by atoms with E-state index >= 15 is 0 Å². The molecule has 9 heteroatoms. The van der Waals surface area contributed by atoms with Crippen LogP contribution in [-0.4, -0.2) is 39.7 Å². The molecule has 3 heterocycles. The van der Waals surface area contributed by atoms with E-state index in [4.69, 9.17) is 4.43 Å². The van der Waals surface area contributed by atoms with Gasteiger partial charge in [-0.2, -0.15) is 5.10 Å². The van der Waals surface area contributed by atoms with E-state index in [2.05, 4.69) is 96.8 Å². The van der Waals surface area contributed by atoms with E-state index in [1.165, 1.54) is 10.4 Å². The highest BCUT2D eigenvalue weighted by Crippen LogP contribution is 2.40. The van der Waals surface area contributed by atoms with Crippen molar-refractivity contribution in [3.63, 3.8) is 0 Å². The zero-order chi connectivity index (χ0) is 32.6. The lowest BCUT2D eigenvalue weighted by atomic mass is 9.92. The van der Waals surface area contributed by atoms with E-state index < -0.39 is 14.2 Å². The number of nitrogens with zero attached hydrogens (tertiary/aromatic N) is 4. The fourth-order valence-electron chi connectivity index (χ4n) is 7.14. The molecule has 1 fully saturated rings. The van der Waals surface area contributed by atoms with Crippen LogP contribution in [0, 0.1) is 13.8 Å². The summed E-state index contributed by atoms with van der Waals surface area (Å²) in [7, 11) is -0.844. The predicted octanol–water partition coefficient (Wildman–Crippen LogP) is 6.06.